The van der Waals surface area contributed by atoms with Gasteiger partial charge in [0.05, 0.1) is 0 Å². The summed E-state index contributed by atoms with van der Waals surface area (Å²) in [5, 5.41) is 2.80. The van der Waals surface area contributed by atoms with Crippen LogP contribution in [0.25, 0.3) is 87.7 Å². The van der Waals surface area contributed by atoms with Gasteiger partial charge in [-0.1, -0.05) is 149 Å². The van der Waals surface area contributed by atoms with E-state index in [1.807, 2.05) is 23.5 Å². The highest BCUT2D eigenvalue weighted by Crippen LogP contribution is 2.37. The largest absolute Gasteiger partial charge is 0.208 e. The van der Waals surface area contributed by atoms with Gasteiger partial charge in [-0.15, -0.1) is 27.7 Å². The van der Waals surface area contributed by atoms with Crippen LogP contribution in [0.3, 0.4) is 0 Å². The quantitative estimate of drug-likeness (QED) is 0.228. The fraction of sp³-hybridized carbons (Fsp3) is 0. The van der Waals surface area contributed by atoms with E-state index in [1.165, 1.54) is 80.7 Å². The van der Waals surface area contributed by atoms with Crippen molar-refractivity contribution in [2.45, 2.75) is 0 Å². The van der Waals surface area contributed by atoms with Gasteiger partial charge in [-0.25, -0.2) is 15.0 Å². The number of rotatable bonds is 6. The molecule has 9 rings (SSSR count). The van der Waals surface area contributed by atoms with Crippen molar-refractivity contribution in [3.8, 4) is 67.5 Å². The molecule has 9 aromatic rings. The molecule has 0 aliphatic carbocycles. The summed E-state index contributed by atoms with van der Waals surface area (Å²) in [4.78, 5) is 15.4. The van der Waals surface area contributed by atoms with Crippen LogP contribution in [0.4, 0.5) is 0 Å². The predicted octanol–water partition coefficient (Wildman–Crippen LogP) is 0.0503. The molecular weight excluding hydrogens is 690 g/mol. The number of benzene rings is 7. The lowest BCUT2D eigenvalue weighted by Gasteiger charge is -2.17. The molecule has 0 aliphatic heterocycles. The Morgan fingerprint density at radius 2 is 0.679 bits per heavy atom. The van der Waals surface area contributed by atoms with Crippen LogP contribution < -0.4 is 38.2 Å². The molecule has 0 saturated heterocycles. The average molecular weight is 727 g/mol. The van der Waals surface area contributed by atoms with Gasteiger partial charge in [0.2, 0.25) is 0 Å². The predicted molar refractivity (Wildman–Crippen MR) is 263 cm³/mol. The van der Waals surface area contributed by atoms with Crippen molar-refractivity contribution < 1.29 is 0 Å². The van der Waals surface area contributed by atoms with Crippen LogP contribution in [0.15, 0.2) is 133 Å². The van der Waals surface area contributed by atoms with Gasteiger partial charge in [0.1, 0.15) is 54.9 Å². The standard InChI is InChI=1S/C45H36B7N3S/c46-34-31(41-32(35(47)37(34)49)33-36(48)38(50)39(51)40(52)42(33)56-41)29-12-7-13-30(22-29)45-54-43(27-18-14-25(15-19-27)23-8-3-1-4-9-23)53-44(55-45)28-20-16-26(17-21-28)24-10-5-2-6-11-24/h1-22H,46-52H2. The molecule has 0 radical (unpaired) electrons. The molecule has 56 heavy (non-hydrogen) atoms. The summed E-state index contributed by atoms with van der Waals surface area (Å²) in [7, 11) is 16.0. The molecule has 0 saturated carbocycles. The number of thiophene rings is 1. The third-order valence-corrected chi connectivity index (χ3v) is 13.3. The number of nitrogens with zero attached hydrogens (tertiary/aromatic N) is 3. The van der Waals surface area contributed by atoms with Crippen LogP contribution in [0, 0.1) is 0 Å². The Kier molecular flexibility index (Phi) is 9.22. The molecule has 0 amide bonds. The summed E-state index contributed by atoms with van der Waals surface area (Å²) in [6, 6.07) is 46.7. The van der Waals surface area contributed by atoms with E-state index in [1.54, 1.807) is 0 Å². The van der Waals surface area contributed by atoms with Crippen molar-refractivity contribution in [1.29, 1.82) is 0 Å². The van der Waals surface area contributed by atoms with E-state index < -0.39 is 0 Å². The van der Waals surface area contributed by atoms with E-state index in [4.69, 9.17) is 15.0 Å². The first-order valence-corrected chi connectivity index (χ1v) is 20.1. The highest BCUT2D eigenvalue weighted by Gasteiger charge is 2.22. The highest BCUT2D eigenvalue weighted by molar-refractivity contribution is 7.28. The SMILES string of the molecule is Bc1c(B)c(B)c2c(sc3c(-c4cccc(-c5nc(-c6ccc(-c7ccccc7)cc6)nc(-c6ccc(-c7ccccc7)cc6)n5)c4)c(B)c(B)c(B)c32)c1B. The first-order chi connectivity index (χ1) is 27.2. The Labute approximate surface area is 338 Å². The maximum atomic E-state index is 5.18. The van der Waals surface area contributed by atoms with Crippen LogP contribution >= 0.6 is 11.3 Å². The molecule has 0 aliphatic rings. The minimum absolute atomic E-state index is 0.646. The topological polar surface area (TPSA) is 38.7 Å². The van der Waals surface area contributed by atoms with E-state index in [0.717, 1.165) is 27.8 Å². The summed E-state index contributed by atoms with van der Waals surface area (Å²) in [5.41, 5.74) is 19.6. The molecule has 11 heteroatoms. The van der Waals surface area contributed by atoms with Crippen LogP contribution in [-0.2, 0) is 0 Å². The zero-order chi connectivity index (χ0) is 38.7. The molecule has 2 heterocycles. The van der Waals surface area contributed by atoms with Crippen molar-refractivity contribution in [3.63, 3.8) is 0 Å². The summed E-state index contributed by atoms with van der Waals surface area (Å²) in [5.74, 6) is 1.94. The minimum Gasteiger partial charge on any atom is -0.208 e. The molecule has 258 valence electrons. The van der Waals surface area contributed by atoms with Crippen molar-refractivity contribution in [2.24, 2.45) is 0 Å². The third kappa shape index (κ3) is 6.15. The zero-order valence-electron chi connectivity index (χ0n) is 33.0. The van der Waals surface area contributed by atoms with Gasteiger partial charge < -0.3 is 0 Å². The van der Waals surface area contributed by atoms with Crippen molar-refractivity contribution in [3.05, 3.63) is 133 Å². The summed E-state index contributed by atoms with van der Waals surface area (Å²) >= 11 is 1.94. The fourth-order valence-electron chi connectivity index (χ4n) is 8.14. The minimum atomic E-state index is 0.646. The van der Waals surface area contributed by atoms with E-state index in [0.29, 0.717) is 17.5 Å². The van der Waals surface area contributed by atoms with Crippen LogP contribution in [0.5, 0.6) is 0 Å². The van der Waals surface area contributed by atoms with Gasteiger partial charge in [-0.2, -0.15) is 0 Å². The maximum Gasteiger partial charge on any atom is 0.164 e. The molecule has 0 atom stereocenters. The van der Waals surface area contributed by atoms with Crippen molar-refractivity contribution >= 4 is 125 Å². The second-order valence-corrected chi connectivity index (χ2v) is 16.1. The maximum absolute atomic E-state index is 5.18. The highest BCUT2D eigenvalue weighted by atomic mass is 32.1. The second-order valence-electron chi connectivity index (χ2n) is 15.0. The monoisotopic (exact) mass is 727 g/mol. The van der Waals surface area contributed by atoms with E-state index in [9.17, 15) is 0 Å². The van der Waals surface area contributed by atoms with E-state index in [-0.39, 0.29) is 0 Å². The average Bonchev–Trinajstić information content (AvgIpc) is 3.65. The molecule has 0 bridgehead atoms. The number of hydrogen-bond acceptors (Lipinski definition) is 4. The molecule has 3 nitrogen and oxygen atoms in total. The molecular formula is C45H36B7N3S. The second kappa shape index (κ2) is 14.4. The molecule has 2 aromatic heterocycles. The number of fused-ring (bicyclic) bond motifs is 3. The molecule has 7 aromatic carbocycles. The van der Waals surface area contributed by atoms with Crippen LogP contribution in [-0.4, -0.2) is 69.9 Å². The lowest BCUT2D eigenvalue weighted by atomic mass is 9.64. The fourth-order valence-corrected chi connectivity index (χ4v) is 9.74. The first kappa shape index (κ1) is 35.9. The van der Waals surface area contributed by atoms with Gasteiger partial charge >= 0.3 is 0 Å². The number of hydrogen-bond donors (Lipinski definition) is 0. The smallest absolute Gasteiger partial charge is 0.164 e. The van der Waals surface area contributed by atoms with Gasteiger partial charge in [0.25, 0.3) is 0 Å². The van der Waals surface area contributed by atoms with Gasteiger partial charge in [-0.05, 0) is 50.2 Å². The van der Waals surface area contributed by atoms with Gasteiger partial charge in [0, 0.05) is 26.1 Å². The lowest BCUT2D eigenvalue weighted by Crippen LogP contribution is -2.47. The lowest BCUT2D eigenvalue weighted by molar-refractivity contribution is 1.07. The van der Waals surface area contributed by atoms with Gasteiger partial charge in [0.15, 0.2) is 17.5 Å². The van der Waals surface area contributed by atoms with Crippen molar-refractivity contribution in [2.75, 3.05) is 0 Å². The Hall–Kier alpha value is -5.78. The summed E-state index contributed by atoms with van der Waals surface area (Å²) < 4.78 is 2.75. The third-order valence-electron chi connectivity index (χ3n) is 12.0. The van der Waals surface area contributed by atoms with Crippen molar-refractivity contribution in [1.82, 2.24) is 15.0 Å². The molecule has 0 spiro atoms. The van der Waals surface area contributed by atoms with E-state index in [2.05, 4.69) is 176 Å². The Morgan fingerprint density at radius 3 is 1.20 bits per heavy atom. The molecule has 0 N–H and O–H groups in total. The Morgan fingerprint density at radius 1 is 0.304 bits per heavy atom. The zero-order valence-corrected chi connectivity index (χ0v) is 33.8. The molecule has 0 fully saturated rings. The normalized spacial score (nSPS) is 11.4. The van der Waals surface area contributed by atoms with E-state index >= 15 is 0 Å². The van der Waals surface area contributed by atoms with Gasteiger partial charge in [-0.3, -0.25) is 0 Å². The van der Waals surface area contributed by atoms with Crippen LogP contribution in [0.2, 0.25) is 0 Å². The number of aromatic nitrogens is 3. The molecule has 0 unspecified atom stereocenters. The van der Waals surface area contributed by atoms with Crippen LogP contribution in [0.1, 0.15) is 0 Å². The summed E-state index contributed by atoms with van der Waals surface area (Å²) in [6.07, 6.45) is 0. The Balaban J connectivity index is 1.21. The Bertz CT molecular complexity index is 2870. The first-order valence-electron chi connectivity index (χ1n) is 19.3. The summed E-state index contributed by atoms with van der Waals surface area (Å²) in [6.45, 7) is 0.